The molecule has 4 heteroatoms. The summed E-state index contributed by atoms with van der Waals surface area (Å²) in [7, 11) is 0. The van der Waals surface area contributed by atoms with Gasteiger partial charge in [-0.15, -0.1) is 0 Å². The summed E-state index contributed by atoms with van der Waals surface area (Å²) in [6.07, 6.45) is 0.369. The molecule has 0 aliphatic carbocycles. The van der Waals surface area contributed by atoms with Crippen LogP contribution in [0.4, 0.5) is 5.69 Å². The summed E-state index contributed by atoms with van der Waals surface area (Å²) in [5.74, 6) is 0.399. The van der Waals surface area contributed by atoms with Crippen LogP contribution in [0.3, 0.4) is 0 Å². The Kier molecular flexibility index (Phi) is 4.94. The lowest BCUT2D eigenvalue weighted by Gasteiger charge is -2.08. The van der Waals surface area contributed by atoms with Gasteiger partial charge < -0.3 is 10.1 Å². The van der Waals surface area contributed by atoms with E-state index in [0.29, 0.717) is 12.2 Å². The average molecular weight is 280 g/mol. The standard InChI is InChI=1S/C17H16N2O2/c1-13-2-6-15(7-3-13)19-17(20)12-21-16-8-4-14(5-9-16)10-11-18/h2-9H,10,12H2,1H3,(H,19,20). The molecule has 1 N–H and O–H groups in total. The summed E-state index contributed by atoms with van der Waals surface area (Å²) in [6, 6.07) is 16.8. The monoisotopic (exact) mass is 280 g/mol. The first kappa shape index (κ1) is 14.6. The van der Waals surface area contributed by atoms with Crippen LogP contribution in [0.25, 0.3) is 0 Å². The molecule has 0 aliphatic rings. The summed E-state index contributed by atoms with van der Waals surface area (Å²) in [5, 5.41) is 11.4. The summed E-state index contributed by atoms with van der Waals surface area (Å²) in [4.78, 5) is 11.8. The predicted molar refractivity (Wildman–Crippen MR) is 81.1 cm³/mol. The minimum Gasteiger partial charge on any atom is -0.484 e. The third-order valence-corrected chi connectivity index (χ3v) is 2.91. The molecule has 2 aromatic rings. The van der Waals surface area contributed by atoms with Crippen molar-refractivity contribution in [3.63, 3.8) is 0 Å². The molecule has 0 saturated heterocycles. The number of anilines is 1. The molecule has 0 saturated carbocycles. The van der Waals surface area contributed by atoms with E-state index >= 15 is 0 Å². The number of hydrogen-bond donors (Lipinski definition) is 1. The number of ether oxygens (including phenoxy) is 1. The van der Waals surface area contributed by atoms with Crippen LogP contribution in [0.1, 0.15) is 11.1 Å². The van der Waals surface area contributed by atoms with Crippen LogP contribution in [0.2, 0.25) is 0 Å². The predicted octanol–water partition coefficient (Wildman–Crippen LogP) is 3.08. The van der Waals surface area contributed by atoms with Gasteiger partial charge in [-0.2, -0.15) is 5.26 Å². The van der Waals surface area contributed by atoms with Crippen molar-refractivity contribution in [2.75, 3.05) is 11.9 Å². The van der Waals surface area contributed by atoms with Crippen LogP contribution in [0.5, 0.6) is 5.75 Å². The second-order valence-electron chi connectivity index (χ2n) is 4.68. The van der Waals surface area contributed by atoms with Gasteiger partial charge in [0.05, 0.1) is 12.5 Å². The zero-order valence-corrected chi connectivity index (χ0v) is 11.8. The first-order valence-electron chi connectivity index (χ1n) is 6.62. The first-order valence-corrected chi connectivity index (χ1v) is 6.62. The fourth-order valence-corrected chi connectivity index (χ4v) is 1.78. The lowest BCUT2D eigenvalue weighted by Crippen LogP contribution is -2.20. The number of nitrogens with one attached hydrogen (secondary N) is 1. The Balaban J connectivity index is 1.83. The van der Waals surface area contributed by atoms with Gasteiger partial charge in [0, 0.05) is 5.69 Å². The molecular weight excluding hydrogens is 264 g/mol. The Bertz CT molecular complexity index is 640. The van der Waals surface area contributed by atoms with Gasteiger partial charge in [0.25, 0.3) is 5.91 Å². The zero-order valence-electron chi connectivity index (χ0n) is 11.8. The van der Waals surface area contributed by atoms with Crippen molar-refractivity contribution in [3.8, 4) is 11.8 Å². The number of carbonyl (C=O) groups is 1. The van der Waals surface area contributed by atoms with Gasteiger partial charge in [0.1, 0.15) is 5.75 Å². The summed E-state index contributed by atoms with van der Waals surface area (Å²) >= 11 is 0. The summed E-state index contributed by atoms with van der Waals surface area (Å²) in [5.41, 5.74) is 2.81. The highest BCUT2D eigenvalue weighted by atomic mass is 16.5. The summed E-state index contributed by atoms with van der Waals surface area (Å²) in [6.45, 7) is 1.94. The molecule has 2 aromatic carbocycles. The van der Waals surface area contributed by atoms with Gasteiger partial charge in [-0.25, -0.2) is 0 Å². The molecule has 0 radical (unpaired) electrons. The first-order chi connectivity index (χ1) is 10.2. The molecule has 1 amide bonds. The average Bonchev–Trinajstić information content (AvgIpc) is 2.49. The lowest BCUT2D eigenvalue weighted by molar-refractivity contribution is -0.118. The zero-order chi connectivity index (χ0) is 15.1. The maximum atomic E-state index is 11.8. The quantitative estimate of drug-likeness (QED) is 0.915. The molecule has 0 heterocycles. The Morgan fingerprint density at radius 3 is 2.43 bits per heavy atom. The highest BCUT2D eigenvalue weighted by molar-refractivity contribution is 5.91. The topological polar surface area (TPSA) is 62.1 Å². The number of hydrogen-bond acceptors (Lipinski definition) is 3. The minimum absolute atomic E-state index is 0.0501. The molecule has 0 atom stereocenters. The second kappa shape index (κ2) is 7.11. The number of carbonyl (C=O) groups excluding carboxylic acids is 1. The number of rotatable bonds is 5. The largest absolute Gasteiger partial charge is 0.484 e. The van der Waals surface area contributed by atoms with Crippen molar-refractivity contribution in [2.45, 2.75) is 13.3 Å². The van der Waals surface area contributed by atoms with Crippen LogP contribution in [0.15, 0.2) is 48.5 Å². The summed E-state index contributed by atoms with van der Waals surface area (Å²) < 4.78 is 5.40. The van der Waals surface area contributed by atoms with Gasteiger partial charge in [-0.1, -0.05) is 29.8 Å². The minimum atomic E-state index is -0.208. The van der Waals surface area contributed by atoms with Crippen molar-refractivity contribution >= 4 is 11.6 Å². The van der Waals surface area contributed by atoms with E-state index in [1.165, 1.54) is 0 Å². The smallest absolute Gasteiger partial charge is 0.262 e. The van der Waals surface area contributed by atoms with Crippen LogP contribution in [-0.4, -0.2) is 12.5 Å². The van der Waals surface area contributed by atoms with E-state index in [4.69, 9.17) is 10.00 Å². The van der Waals surface area contributed by atoms with Gasteiger partial charge in [-0.3, -0.25) is 4.79 Å². The number of nitrogens with zero attached hydrogens (tertiary/aromatic N) is 1. The fraction of sp³-hybridized carbons (Fsp3) is 0.176. The highest BCUT2D eigenvalue weighted by Crippen LogP contribution is 2.13. The molecule has 0 bridgehead atoms. The normalized spacial score (nSPS) is 9.71. The number of amides is 1. The molecule has 21 heavy (non-hydrogen) atoms. The van der Waals surface area contributed by atoms with Crippen molar-refractivity contribution < 1.29 is 9.53 Å². The number of aryl methyl sites for hydroxylation is 1. The van der Waals surface area contributed by atoms with Crippen molar-refractivity contribution in [1.29, 1.82) is 5.26 Å². The maximum absolute atomic E-state index is 11.8. The molecule has 0 unspecified atom stereocenters. The van der Waals surface area contributed by atoms with Gasteiger partial charge in [0.15, 0.2) is 6.61 Å². The molecule has 0 aliphatic heterocycles. The number of nitriles is 1. The Morgan fingerprint density at radius 2 is 1.81 bits per heavy atom. The highest BCUT2D eigenvalue weighted by Gasteiger charge is 2.03. The molecule has 4 nitrogen and oxygen atoms in total. The van der Waals surface area contributed by atoms with E-state index in [1.807, 2.05) is 43.3 Å². The van der Waals surface area contributed by atoms with E-state index < -0.39 is 0 Å². The van der Waals surface area contributed by atoms with Crippen LogP contribution >= 0.6 is 0 Å². The molecule has 106 valence electrons. The van der Waals surface area contributed by atoms with Gasteiger partial charge in [-0.05, 0) is 36.8 Å². The Labute approximate surface area is 124 Å². The van der Waals surface area contributed by atoms with Crippen molar-refractivity contribution in [1.82, 2.24) is 0 Å². The van der Waals surface area contributed by atoms with Crippen LogP contribution in [-0.2, 0) is 11.2 Å². The van der Waals surface area contributed by atoms with E-state index in [9.17, 15) is 4.79 Å². The van der Waals surface area contributed by atoms with Gasteiger partial charge >= 0.3 is 0 Å². The maximum Gasteiger partial charge on any atom is 0.262 e. The van der Waals surface area contributed by atoms with Crippen LogP contribution < -0.4 is 10.1 Å². The Morgan fingerprint density at radius 1 is 1.14 bits per heavy atom. The third kappa shape index (κ3) is 4.66. The van der Waals surface area contributed by atoms with Gasteiger partial charge in [0.2, 0.25) is 0 Å². The van der Waals surface area contributed by atoms with Crippen molar-refractivity contribution in [2.24, 2.45) is 0 Å². The Hall–Kier alpha value is -2.80. The van der Waals surface area contributed by atoms with Crippen molar-refractivity contribution in [3.05, 3.63) is 59.7 Å². The van der Waals surface area contributed by atoms with Crippen LogP contribution in [0, 0.1) is 18.3 Å². The van der Waals surface area contributed by atoms with E-state index in [-0.39, 0.29) is 12.5 Å². The lowest BCUT2D eigenvalue weighted by atomic mass is 10.2. The van der Waals surface area contributed by atoms with E-state index in [1.54, 1.807) is 12.1 Å². The SMILES string of the molecule is Cc1ccc(NC(=O)COc2ccc(CC#N)cc2)cc1. The molecule has 0 fully saturated rings. The fourth-order valence-electron chi connectivity index (χ4n) is 1.78. The molecule has 0 aromatic heterocycles. The number of benzene rings is 2. The molecule has 0 spiro atoms. The van der Waals surface area contributed by atoms with E-state index in [2.05, 4.69) is 11.4 Å². The molecular formula is C17H16N2O2. The molecule has 2 rings (SSSR count). The third-order valence-electron chi connectivity index (χ3n) is 2.91. The van der Waals surface area contributed by atoms with E-state index in [0.717, 1.165) is 16.8 Å². The second-order valence-corrected chi connectivity index (χ2v) is 4.68.